The van der Waals surface area contributed by atoms with Gasteiger partial charge in [0, 0.05) is 21.8 Å². The molecule has 0 saturated heterocycles. The van der Waals surface area contributed by atoms with E-state index in [1.54, 1.807) is 0 Å². The SMILES string of the molecule is Cc1cc2nnc(SCC(=O)c3ccc(Br)cc3)n2c(C)n1. The highest BCUT2D eigenvalue weighted by molar-refractivity contribution is 9.10. The maximum Gasteiger partial charge on any atom is 0.197 e. The maximum atomic E-state index is 12.2. The molecule has 3 aromatic rings. The molecule has 0 spiro atoms. The van der Waals surface area contributed by atoms with Gasteiger partial charge in [-0.1, -0.05) is 39.8 Å². The smallest absolute Gasteiger partial charge is 0.197 e. The molecule has 0 fully saturated rings. The Kier molecular flexibility index (Phi) is 4.26. The van der Waals surface area contributed by atoms with Gasteiger partial charge in [-0.3, -0.25) is 9.20 Å². The van der Waals surface area contributed by atoms with Gasteiger partial charge >= 0.3 is 0 Å². The van der Waals surface area contributed by atoms with Gasteiger partial charge < -0.3 is 0 Å². The molecule has 0 radical (unpaired) electrons. The van der Waals surface area contributed by atoms with Crippen molar-refractivity contribution in [3.8, 4) is 0 Å². The summed E-state index contributed by atoms with van der Waals surface area (Å²) in [6, 6.07) is 9.22. The minimum atomic E-state index is 0.0620. The number of thioether (sulfide) groups is 1. The minimum absolute atomic E-state index is 0.0620. The number of carbonyl (C=O) groups excluding carboxylic acids is 1. The number of benzene rings is 1. The van der Waals surface area contributed by atoms with Crippen LogP contribution in [0.2, 0.25) is 0 Å². The van der Waals surface area contributed by atoms with Gasteiger partial charge in [0.25, 0.3) is 0 Å². The van der Waals surface area contributed by atoms with Gasteiger partial charge in [0.05, 0.1) is 5.75 Å². The number of carbonyl (C=O) groups is 1. The number of ketones is 1. The molecule has 0 atom stereocenters. The second-order valence-corrected chi connectivity index (χ2v) is 6.70. The number of nitrogens with zero attached hydrogens (tertiary/aromatic N) is 4. The molecular weight excluding hydrogens is 364 g/mol. The Balaban J connectivity index is 1.79. The van der Waals surface area contributed by atoms with Crippen LogP contribution >= 0.6 is 27.7 Å². The zero-order chi connectivity index (χ0) is 15.7. The zero-order valence-electron chi connectivity index (χ0n) is 12.1. The van der Waals surface area contributed by atoms with E-state index in [9.17, 15) is 4.79 Å². The van der Waals surface area contributed by atoms with Crippen LogP contribution in [-0.2, 0) is 0 Å². The molecule has 2 aromatic heterocycles. The van der Waals surface area contributed by atoms with Gasteiger partial charge in [-0.15, -0.1) is 10.2 Å². The van der Waals surface area contributed by atoms with Gasteiger partial charge in [0.1, 0.15) is 5.82 Å². The number of rotatable bonds is 4. The van der Waals surface area contributed by atoms with Gasteiger partial charge in [-0.2, -0.15) is 0 Å². The number of aromatic nitrogens is 4. The van der Waals surface area contributed by atoms with E-state index in [-0.39, 0.29) is 5.78 Å². The zero-order valence-corrected chi connectivity index (χ0v) is 14.5. The van der Waals surface area contributed by atoms with Gasteiger partial charge in [0.15, 0.2) is 16.6 Å². The van der Waals surface area contributed by atoms with Crippen LogP contribution < -0.4 is 0 Å². The summed E-state index contributed by atoms with van der Waals surface area (Å²) in [6.07, 6.45) is 0. The summed E-state index contributed by atoms with van der Waals surface area (Å²) in [5, 5.41) is 8.98. The van der Waals surface area contributed by atoms with Crippen molar-refractivity contribution >= 4 is 39.1 Å². The predicted molar refractivity (Wildman–Crippen MR) is 89.5 cm³/mol. The molecule has 0 amide bonds. The molecule has 0 bridgehead atoms. The van der Waals surface area contributed by atoms with Crippen LogP contribution in [0.3, 0.4) is 0 Å². The average Bonchev–Trinajstić information content (AvgIpc) is 2.88. The molecule has 0 aliphatic rings. The van der Waals surface area contributed by atoms with Crippen molar-refractivity contribution in [2.24, 2.45) is 0 Å². The number of fused-ring (bicyclic) bond motifs is 1. The monoisotopic (exact) mass is 376 g/mol. The molecular formula is C15H13BrN4OS. The maximum absolute atomic E-state index is 12.2. The topological polar surface area (TPSA) is 60.2 Å². The Bertz CT molecular complexity index is 845. The van der Waals surface area contributed by atoms with E-state index >= 15 is 0 Å². The van der Waals surface area contributed by atoms with E-state index in [4.69, 9.17) is 0 Å². The molecule has 0 aliphatic carbocycles. The summed E-state index contributed by atoms with van der Waals surface area (Å²) in [7, 11) is 0. The summed E-state index contributed by atoms with van der Waals surface area (Å²) >= 11 is 4.73. The fourth-order valence-electron chi connectivity index (χ4n) is 2.15. The molecule has 0 N–H and O–H groups in total. The number of hydrogen-bond acceptors (Lipinski definition) is 5. The van der Waals surface area contributed by atoms with Gasteiger partial charge in [-0.05, 0) is 26.0 Å². The Hall–Kier alpha value is -1.73. The Morgan fingerprint density at radius 3 is 2.68 bits per heavy atom. The first-order valence-corrected chi connectivity index (χ1v) is 8.43. The first kappa shape index (κ1) is 15.2. The summed E-state index contributed by atoms with van der Waals surface area (Å²) < 4.78 is 2.82. The number of halogens is 1. The Labute approximate surface area is 140 Å². The highest BCUT2D eigenvalue weighted by atomic mass is 79.9. The van der Waals surface area contributed by atoms with E-state index in [2.05, 4.69) is 31.1 Å². The molecule has 7 heteroatoms. The molecule has 0 unspecified atom stereocenters. The molecule has 5 nitrogen and oxygen atoms in total. The van der Waals surface area contributed by atoms with Crippen molar-refractivity contribution in [1.82, 2.24) is 19.6 Å². The van der Waals surface area contributed by atoms with Crippen molar-refractivity contribution in [1.29, 1.82) is 0 Å². The van der Waals surface area contributed by atoms with Crippen molar-refractivity contribution in [3.63, 3.8) is 0 Å². The average molecular weight is 377 g/mol. The van der Waals surface area contributed by atoms with Crippen LogP contribution in [0.5, 0.6) is 0 Å². The highest BCUT2D eigenvalue weighted by Gasteiger charge is 2.13. The lowest BCUT2D eigenvalue weighted by Crippen LogP contribution is -2.04. The predicted octanol–water partition coefficient (Wildman–Crippen LogP) is 3.48. The number of Topliss-reactive ketones (excluding diaryl/α,β-unsaturated/α-hetero) is 1. The summed E-state index contributed by atoms with van der Waals surface area (Å²) in [5.41, 5.74) is 2.35. The summed E-state index contributed by atoms with van der Waals surface area (Å²) in [4.78, 5) is 16.6. The van der Waals surface area contributed by atoms with E-state index in [1.807, 2.05) is 48.6 Å². The van der Waals surface area contributed by atoms with E-state index in [0.29, 0.717) is 16.5 Å². The molecule has 0 saturated carbocycles. The second-order valence-electron chi connectivity index (χ2n) is 4.84. The number of hydrogen-bond donors (Lipinski definition) is 0. The molecule has 2 heterocycles. The highest BCUT2D eigenvalue weighted by Crippen LogP contribution is 2.20. The van der Waals surface area contributed by atoms with Crippen LogP contribution in [-0.4, -0.2) is 31.1 Å². The van der Waals surface area contributed by atoms with Crippen molar-refractivity contribution < 1.29 is 4.79 Å². The lowest BCUT2D eigenvalue weighted by Gasteiger charge is -2.04. The fourth-order valence-corrected chi connectivity index (χ4v) is 3.29. The van der Waals surface area contributed by atoms with Crippen LogP contribution in [0.4, 0.5) is 0 Å². The standard InChI is InChI=1S/C15H13BrN4OS/c1-9-7-14-18-19-15(20(14)10(2)17-9)22-8-13(21)11-3-5-12(16)6-4-11/h3-7H,8H2,1-2H3. The lowest BCUT2D eigenvalue weighted by molar-refractivity contribution is 0.102. The lowest BCUT2D eigenvalue weighted by atomic mass is 10.2. The fraction of sp³-hybridized carbons (Fsp3) is 0.200. The van der Waals surface area contributed by atoms with Gasteiger partial charge in [0.2, 0.25) is 0 Å². The van der Waals surface area contributed by atoms with Crippen molar-refractivity contribution in [2.45, 2.75) is 19.0 Å². The van der Waals surface area contributed by atoms with Crippen LogP contribution in [0.1, 0.15) is 21.9 Å². The first-order valence-electron chi connectivity index (χ1n) is 6.65. The third-order valence-electron chi connectivity index (χ3n) is 3.16. The molecule has 22 heavy (non-hydrogen) atoms. The third-order valence-corrected chi connectivity index (χ3v) is 4.61. The van der Waals surface area contributed by atoms with E-state index in [1.165, 1.54) is 11.8 Å². The molecule has 3 rings (SSSR count). The normalized spacial score (nSPS) is 11.0. The minimum Gasteiger partial charge on any atom is -0.293 e. The van der Waals surface area contributed by atoms with Crippen LogP contribution in [0, 0.1) is 13.8 Å². The molecule has 1 aromatic carbocycles. The molecule has 0 aliphatic heterocycles. The van der Waals surface area contributed by atoms with E-state index in [0.717, 1.165) is 21.6 Å². The summed E-state index contributed by atoms with van der Waals surface area (Å²) in [6.45, 7) is 3.83. The Morgan fingerprint density at radius 2 is 1.95 bits per heavy atom. The molecule has 112 valence electrons. The second kappa shape index (κ2) is 6.18. The van der Waals surface area contributed by atoms with Gasteiger partial charge in [-0.25, -0.2) is 4.98 Å². The third kappa shape index (κ3) is 3.05. The van der Waals surface area contributed by atoms with Crippen LogP contribution in [0.25, 0.3) is 5.65 Å². The largest absolute Gasteiger partial charge is 0.293 e. The first-order chi connectivity index (χ1) is 10.5. The summed E-state index contributed by atoms with van der Waals surface area (Å²) in [5.74, 6) is 1.20. The van der Waals surface area contributed by atoms with Crippen molar-refractivity contribution in [3.05, 3.63) is 51.9 Å². The quantitative estimate of drug-likeness (QED) is 0.515. The van der Waals surface area contributed by atoms with Crippen LogP contribution in [0.15, 0.2) is 40.0 Å². The number of aryl methyl sites for hydroxylation is 2. The van der Waals surface area contributed by atoms with Crippen molar-refractivity contribution in [2.75, 3.05) is 5.75 Å². The van der Waals surface area contributed by atoms with E-state index < -0.39 is 0 Å². The Morgan fingerprint density at radius 1 is 1.23 bits per heavy atom.